The fraction of sp³-hybridized carbons (Fsp3) is 0.441. The number of anilines is 2. The summed E-state index contributed by atoms with van der Waals surface area (Å²) in [7, 11) is 3.46. The number of halogens is 1. The lowest BCUT2D eigenvalue weighted by molar-refractivity contribution is 0.157. The Bertz CT molecular complexity index is 1790. The van der Waals surface area contributed by atoms with Gasteiger partial charge in [0.1, 0.15) is 18.2 Å². The van der Waals surface area contributed by atoms with Crippen molar-refractivity contribution in [3.8, 4) is 11.6 Å². The monoisotopic (exact) mass is 613 g/mol. The van der Waals surface area contributed by atoms with E-state index in [1.807, 2.05) is 43.7 Å². The highest BCUT2D eigenvalue weighted by Crippen LogP contribution is 2.52. The highest BCUT2D eigenvalue weighted by atomic mass is 19.1. The summed E-state index contributed by atoms with van der Waals surface area (Å²) in [6.45, 7) is 5.17. The minimum atomic E-state index is -0.441. The van der Waals surface area contributed by atoms with Gasteiger partial charge < -0.3 is 30.0 Å². The Morgan fingerprint density at radius 3 is 2.80 bits per heavy atom. The normalized spacial score (nSPS) is 20.3. The number of aromatic nitrogens is 3. The topological polar surface area (TPSA) is 111 Å². The Morgan fingerprint density at radius 1 is 1.22 bits per heavy atom. The van der Waals surface area contributed by atoms with Gasteiger partial charge in [0.25, 0.3) is 0 Å². The van der Waals surface area contributed by atoms with Crippen LogP contribution in [0.5, 0.6) is 11.6 Å². The molecule has 11 heteroatoms. The summed E-state index contributed by atoms with van der Waals surface area (Å²) in [5.41, 5.74) is 9.18. The zero-order chi connectivity index (χ0) is 31.3. The quantitative estimate of drug-likeness (QED) is 0.285. The number of nitrogens with one attached hydrogen (secondary N) is 1. The van der Waals surface area contributed by atoms with Crippen molar-refractivity contribution < 1.29 is 13.9 Å². The fourth-order valence-electron chi connectivity index (χ4n) is 7.09. The van der Waals surface area contributed by atoms with Crippen molar-refractivity contribution >= 4 is 22.4 Å². The van der Waals surface area contributed by atoms with Crippen LogP contribution in [0.3, 0.4) is 0 Å². The second-order valence-electron chi connectivity index (χ2n) is 12.6. The van der Waals surface area contributed by atoms with Crippen LogP contribution in [0.15, 0.2) is 53.7 Å². The Morgan fingerprint density at radius 2 is 2.07 bits per heavy atom. The number of nitrogen functional groups attached to an aromatic ring is 1. The zero-order valence-corrected chi connectivity index (χ0v) is 26.1. The standard InChI is InChI=1S/C34H40FN7O3/c1-21-20-45-33-30(34(37-2)9-10-34)27(35)14-26-31(33)42(21)18-23(32(26)43)17-41(16-22-8-11-38-29(13-22)44-3)25-5-4-12-40(19-25)24-6-7-28(36)39-15-24/h6-8,11,13-15,18,21,25,37H,4-5,9-10,12,16-17,19-20H2,1-3H3,(H2,36,39). The molecule has 0 radical (unpaired) electrons. The van der Waals surface area contributed by atoms with E-state index in [2.05, 4.69) is 36.6 Å². The predicted octanol–water partition coefficient (Wildman–Crippen LogP) is 4.35. The first-order valence-corrected chi connectivity index (χ1v) is 15.7. The molecule has 1 saturated carbocycles. The van der Waals surface area contributed by atoms with Crippen molar-refractivity contribution in [3.63, 3.8) is 0 Å². The SMILES string of the molecule is CNC1(c2c(F)cc3c(=O)c(CN(Cc4ccnc(OC)c4)C4CCCN(c5ccc(N)nc5)C4)cn4c3c2OCC4C)CC1. The van der Waals surface area contributed by atoms with E-state index in [9.17, 15) is 4.79 Å². The highest BCUT2D eigenvalue weighted by molar-refractivity contribution is 5.88. The molecule has 3 N–H and O–H groups in total. The molecule has 1 saturated heterocycles. The number of rotatable bonds is 9. The molecule has 2 fully saturated rings. The number of nitrogens with zero attached hydrogens (tertiary/aromatic N) is 5. The summed E-state index contributed by atoms with van der Waals surface area (Å²) in [6.07, 6.45) is 9.18. The summed E-state index contributed by atoms with van der Waals surface area (Å²) >= 11 is 0. The molecule has 1 aromatic carbocycles. The third kappa shape index (κ3) is 5.37. The number of methoxy groups -OCH3 is 1. The van der Waals surface area contributed by atoms with Crippen molar-refractivity contribution in [1.29, 1.82) is 0 Å². The third-order valence-electron chi connectivity index (χ3n) is 9.76. The van der Waals surface area contributed by atoms with Crippen molar-refractivity contribution in [2.45, 2.75) is 63.3 Å². The van der Waals surface area contributed by atoms with Gasteiger partial charge in [-0.05, 0) is 69.5 Å². The van der Waals surface area contributed by atoms with E-state index in [0.29, 0.717) is 59.2 Å². The van der Waals surface area contributed by atoms with E-state index in [1.54, 1.807) is 13.3 Å². The average molecular weight is 614 g/mol. The van der Waals surface area contributed by atoms with Crippen molar-refractivity contribution in [3.05, 3.63) is 81.7 Å². The highest BCUT2D eigenvalue weighted by Gasteiger charge is 2.48. The molecule has 0 bridgehead atoms. The maximum atomic E-state index is 15.9. The molecule has 1 aliphatic carbocycles. The van der Waals surface area contributed by atoms with Crippen LogP contribution in [0.25, 0.3) is 10.9 Å². The van der Waals surface area contributed by atoms with Gasteiger partial charge in [0.2, 0.25) is 5.88 Å². The summed E-state index contributed by atoms with van der Waals surface area (Å²) in [5, 5.41) is 3.67. The number of nitrogens with two attached hydrogens (primary N) is 1. The van der Waals surface area contributed by atoms with Crippen LogP contribution in [0.1, 0.15) is 55.3 Å². The smallest absolute Gasteiger partial charge is 0.213 e. The van der Waals surface area contributed by atoms with Crippen LogP contribution < -0.4 is 30.9 Å². The van der Waals surface area contributed by atoms with Crippen LogP contribution in [0.2, 0.25) is 0 Å². The van der Waals surface area contributed by atoms with E-state index in [4.69, 9.17) is 15.2 Å². The first-order chi connectivity index (χ1) is 21.8. The van der Waals surface area contributed by atoms with Crippen LogP contribution in [-0.4, -0.2) is 59.3 Å². The fourth-order valence-corrected chi connectivity index (χ4v) is 7.09. The van der Waals surface area contributed by atoms with Crippen LogP contribution >= 0.6 is 0 Å². The minimum absolute atomic E-state index is 0.0107. The van der Waals surface area contributed by atoms with E-state index in [1.165, 1.54) is 6.07 Å². The Balaban J connectivity index is 1.29. The van der Waals surface area contributed by atoms with Crippen molar-refractivity contribution in [2.75, 3.05) is 44.5 Å². The molecule has 0 amide bonds. The van der Waals surface area contributed by atoms with Gasteiger partial charge in [-0.15, -0.1) is 0 Å². The number of pyridine rings is 3. The molecule has 2 unspecified atom stereocenters. The predicted molar refractivity (Wildman–Crippen MR) is 172 cm³/mol. The zero-order valence-electron chi connectivity index (χ0n) is 26.1. The van der Waals surface area contributed by atoms with Gasteiger partial charge in [0.15, 0.2) is 11.2 Å². The second kappa shape index (κ2) is 11.6. The van der Waals surface area contributed by atoms with Crippen molar-refractivity contribution in [1.82, 2.24) is 24.8 Å². The van der Waals surface area contributed by atoms with Gasteiger partial charge in [0, 0.05) is 56.2 Å². The maximum Gasteiger partial charge on any atom is 0.213 e. The van der Waals surface area contributed by atoms with E-state index < -0.39 is 5.54 Å². The van der Waals surface area contributed by atoms with Crippen LogP contribution in [0.4, 0.5) is 15.9 Å². The molecule has 3 aliphatic rings. The Kier molecular flexibility index (Phi) is 7.61. The summed E-state index contributed by atoms with van der Waals surface area (Å²) < 4.78 is 29.6. The van der Waals surface area contributed by atoms with Gasteiger partial charge in [0.05, 0.1) is 47.0 Å². The lowest BCUT2D eigenvalue weighted by Gasteiger charge is -2.40. The third-order valence-corrected chi connectivity index (χ3v) is 9.76. The largest absolute Gasteiger partial charge is 0.489 e. The molecular formula is C34H40FN7O3. The van der Waals surface area contributed by atoms with Crippen LogP contribution in [-0.2, 0) is 18.6 Å². The van der Waals surface area contributed by atoms with Gasteiger partial charge in [-0.25, -0.2) is 14.4 Å². The Labute approximate surface area is 262 Å². The second-order valence-corrected chi connectivity index (χ2v) is 12.6. The summed E-state index contributed by atoms with van der Waals surface area (Å²) in [5.74, 6) is 1.15. The molecule has 45 heavy (non-hydrogen) atoms. The van der Waals surface area contributed by atoms with Gasteiger partial charge in [-0.3, -0.25) is 9.69 Å². The number of hydrogen-bond acceptors (Lipinski definition) is 9. The number of ether oxygens (including phenoxy) is 2. The molecule has 10 nitrogen and oxygen atoms in total. The maximum absolute atomic E-state index is 15.9. The lowest BCUT2D eigenvalue weighted by atomic mass is 9.97. The van der Waals surface area contributed by atoms with E-state index >= 15 is 4.39 Å². The number of benzene rings is 1. The first kappa shape index (κ1) is 29.5. The molecule has 2 atom stereocenters. The van der Waals surface area contributed by atoms with Gasteiger partial charge in [-0.1, -0.05) is 0 Å². The molecule has 2 aliphatic heterocycles. The first-order valence-electron chi connectivity index (χ1n) is 15.7. The van der Waals surface area contributed by atoms with E-state index in [-0.39, 0.29) is 23.3 Å². The molecule has 3 aromatic heterocycles. The Hall–Kier alpha value is -4.22. The summed E-state index contributed by atoms with van der Waals surface area (Å²) in [4.78, 5) is 27.5. The molecule has 4 aromatic rings. The molecule has 5 heterocycles. The number of piperidine rings is 1. The summed E-state index contributed by atoms with van der Waals surface area (Å²) in [6, 6.07) is 9.32. The molecule has 7 rings (SSSR count). The lowest BCUT2D eigenvalue weighted by Crippen LogP contribution is -2.48. The number of hydrogen-bond donors (Lipinski definition) is 2. The van der Waals surface area contributed by atoms with Crippen LogP contribution in [0, 0.1) is 5.82 Å². The molecule has 0 spiro atoms. The van der Waals surface area contributed by atoms with Crippen molar-refractivity contribution in [2.24, 2.45) is 0 Å². The minimum Gasteiger partial charge on any atom is -0.489 e. The van der Waals surface area contributed by atoms with E-state index in [0.717, 1.165) is 50.0 Å². The molecular weight excluding hydrogens is 573 g/mol. The van der Waals surface area contributed by atoms with Gasteiger partial charge in [-0.2, -0.15) is 0 Å². The molecule has 236 valence electrons. The average Bonchev–Trinajstić information content (AvgIpc) is 3.85. The van der Waals surface area contributed by atoms with Gasteiger partial charge >= 0.3 is 0 Å².